The van der Waals surface area contributed by atoms with Gasteiger partial charge in [-0.3, -0.25) is 0 Å². The Morgan fingerprint density at radius 2 is 1.12 bits per heavy atom. The van der Waals surface area contributed by atoms with Gasteiger partial charge in [0.2, 0.25) is 0 Å². The van der Waals surface area contributed by atoms with Gasteiger partial charge in [0.05, 0.1) is 12.2 Å². The Morgan fingerprint density at radius 3 is 1.35 bits per heavy atom. The Bertz CT molecular complexity index is 542. The minimum Gasteiger partial charge on any atom is -0.377 e. The van der Waals surface area contributed by atoms with Crippen molar-refractivity contribution in [3.05, 3.63) is 0 Å². The molecule has 4 bridgehead atoms. The zero-order valence-corrected chi connectivity index (χ0v) is 19.3. The largest absolute Gasteiger partial charge is 0.497 e. The lowest BCUT2D eigenvalue weighted by molar-refractivity contribution is -0.0660. The second kappa shape index (κ2) is 5.58. The molecule has 0 aromatic heterocycles. The maximum absolute atomic E-state index is 6.80. The van der Waals surface area contributed by atoms with Crippen molar-refractivity contribution in [2.24, 2.45) is 33.5 Å². The first-order chi connectivity index (χ1) is 11.9. The van der Waals surface area contributed by atoms with E-state index in [2.05, 4.69) is 48.1 Å². The van der Waals surface area contributed by atoms with E-state index in [1.165, 1.54) is 38.5 Å². The fraction of sp³-hybridized carbons (Fsp3) is 1.00. The lowest BCUT2D eigenvalue weighted by Crippen LogP contribution is -2.53. The smallest absolute Gasteiger partial charge is 0.377 e. The van der Waals surface area contributed by atoms with Gasteiger partial charge in [0, 0.05) is 13.7 Å². The van der Waals surface area contributed by atoms with Crippen LogP contribution in [0.5, 0.6) is 0 Å². The number of rotatable bonds is 5. The first kappa shape index (κ1) is 19.4. The number of hydrogen-bond acceptors (Lipinski definition) is 3. The van der Waals surface area contributed by atoms with Gasteiger partial charge in [-0.2, -0.15) is 0 Å². The Kier molecular flexibility index (Phi) is 4.17. The maximum atomic E-state index is 6.80. The van der Waals surface area contributed by atoms with Crippen LogP contribution in [0.3, 0.4) is 0 Å². The van der Waals surface area contributed by atoms with E-state index in [0.29, 0.717) is 10.8 Å². The minimum absolute atomic E-state index is 0.256. The SMILES string of the molecule is CO[Si](C)(OC1CC2CCC1(C)C2(C)C)OC1CC2CCC1(C)C2(C)C. The molecule has 0 radical (unpaired) electrons. The molecule has 6 atom stereocenters. The summed E-state index contributed by atoms with van der Waals surface area (Å²) >= 11 is 0. The summed E-state index contributed by atoms with van der Waals surface area (Å²) in [6.07, 6.45) is 8.18. The quantitative estimate of drug-likeness (QED) is 0.576. The van der Waals surface area contributed by atoms with Gasteiger partial charge in [-0.25, -0.2) is 0 Å². The van der Waals surface area contributed by atoms with Crippen molar-refractivity contribution in [3.8, 4) is 0 Å². The van der Waals surface area contributed by atoms with E-state index in [0.717, 1.165) is 11.8 Å². The molecule has 6 unspecified atom stereocenters. The Hall–Kier alpha value is 0.0969. The molecule has 4 fully saturated rings. The van der Waals surface area contributed by atoms with Gasteiger partial charge in [-0.1, -0.05) is 41.5 Å². The molecule has 0 spiro atoms. The predicted molar refractivity (Wildman–Crippen MR) is 107 cm³/mol. The van der Waals surface area contributed by atoms with Crippen molar-refractivity contribution >= 4 is 8.80 Å². The van der Waals surface area contributed by atoms with E-state index >= 15 is 0 Å². The summed E-state index contributed by atoms with van der Waals surface area (Å²) in [5.41, 5.74) is 1.24. The third-order valence-corrected chi connectivity index (χ3v) is 12.7. The van der Waals surface area contributed by atoms with Crippen LogP contribution in [0.4, 0.5) is 0 Å². The van der Waals surface area contributed by atoms with E-state index in [4.69, 9.17) is 13.3 Å². The molecule has 4 heteroatoms. The van der Waals surface area contributed by atoms with E-state index < -0.39 is 8.80 Å². The first-order valence-corrected chi connectivity index (χ1v) is 13.0. The third-order valence-electron chi connectivity index (χ3n) is 10.5. The summed E-state index contributed by atoms with van der Waals surface area (Å²) < 4.78 is 19.6. The molecule has 26 heavy (non-hydrogen) atoms. The van der Waals surface area contributed by atoms with Gasteiger partial charge in [0.15, 0.2) is 0 Å². The van der Waals surface area contributed by atoms with E-state index in [-0.39, 0.29) is 23.0 Å². The molecule has 4 saturated carbocycles. The van der Waals surface area contributed by atoms with Crippen molar-refractivity contribution in [2.45, 2.75) is 98.8 Å². The minimum atomic E-state index is -2.65. The number of hydrogen-bond donors (Lipinski definition) is 0. The predicted octanol–water partition coefficient (Wildman–Crippen LogP) is 5.66. The average Bonchev–Trinajstić information content (AvgIpc) is 3.06. The monoisotopic (exact) mass is 380 g/mol. The van der Waals surface area contributed by atoms with Crippen LogP contribution in [-0.2, 0) is 13.3 Å². The van der Waals surface area contributed by atoms with Crippen LogP contribution >= 0.6 is 0 Å². The van der Waals surface area contributed by atoms with Gasteiger partial charge >= 0.3 is 8.80 Å². The van der Waals surface area contributed by atoms with E-state index in [1.54, 1.807) is 7.11 Å². The van der Waals surface area contributed by atoms with Crippen LogP contribution in [0.25, 0.3) is 0 Å². The van der Waals surface area contributed by atoms with E-state index in [1.807, 2.05) is 0 Å². The van der Waals surface area contributed by atoms with Crippen LogP contribution in [0, 0.1) is 33.5 Å². The lowest BCUT2D eigenvalue weighted by atomic mass is 9.70. The summed E-state index contributed by atoms with van der Waals surface area (Å²) in [4.78, 5) is 0. The Labute approximate surface area is 161 Å². The van der Waals surface area contributed by atoms with Crippen molar-refractivity contribution in [1.29, 1.82) is 0 Å². The molecular weight excluding hydrogens is 340 g/mol. The highest BCUT2D eigenvalue weighted by molar-refractivity contribution is 6.59. The van der Waals surface area contributed by atoms with Gasteiger partial charge in [0.25, 0.3) is 0 Å². The molecular formula is C22H40O3Si. The highest BCUT2D eigenvalue weighted by atomic mass is 28.4. The molecule has 4 aliphatic rings. The molecule has 150 valence electrons. The average molecular weight is 381 g/mol. The zero-order valence-electron chi connectivity index (χ0n) is 18.3. The molecule has 0 N–H and O–H groups in total. The molecule has 0 heterocycles. The topological polar surface area (TPSA) is 27.7 Å². The molecule has 4 aliphatic carbocycles. The Morgan fingerprint density at radius 1 is 0.731 bits per heavy atom. The number of fused-ring (bicyclic) bond motifs is 4. The van der Waals surface area contributed by atoms with Gasteiger partial charge in [0.1, 0.15) is 0 Å². The molecule has 0 saturated heterocycles. The van der Waals surface area contributed by atoms with Crippen LogP contribution in [0.2, 0.25) is 6.55 Å². The van der Waals surface area contributed by atoms with E-state index in [9.17, 15) is 0 Å². The fourth-order valence-electron chi connectivity index (χ4n) is 7.26. The van der Waals surface area contributed by atoms with Crippen molar-refractivity contribution < 1.29 is 13.3 Å². The van der Waals surface area contributed by atoms with Crippen LogP contribution in [-0.4, -0.2) is 28.1 Å². The Balaban J connectivity index is 1.51. The summed E-state index contributed by atoms with van der Waals surface area (Å²) in [5.74, 6) is 1.57. The zero-order chi connectivity index (χ0) is 19.2. The second-order valence-electron chi connectivity index (χ2n) is 11.5. The molecule has 0 aliphatic heterocycles. The van der Waals surface area contributed by atoms with Crippen molar-refractivity contribution in [2.75, 3.05) is 7.11 Å². The first-order valence-electron chi connectivity index (χ1n) is 10.8. The summed E-state index contributed by atoms with van der Waals surface area (Å²) in [6.45, 7) is 16.8. The van der Waals surface area contributed by atoms with Crippen molar-refractivity contribution in [3.63, 3.8) is 0 Å². The molecule has 0 aromatic rings. The molecule has 0 amide bonds. The molecule has 3 nitrogen and oxygen atoms in total. The normalized spacial score (nSPS) is 50.3. The maximum Gasteiger partial charge on any atom is 0.497 e. The molecule has 0 aromatic carbocycles. The summed E-state index contributed by atoms with van der Waals surface area (Å²) in [7, 11) is -0.848. The molecule has 4 rings (SSSR count). The second-order valence-corrected chi connectivity index (χ2v) is 14.1. The van der Waals surface area contributed by atoms with Crippen LogP contribution in [0.1, 0.15) is 80.1 Å². The van der Waals surface area contributed by atoms with Gasteiger partial charge in [-0.05, 0) is 72.0 Å². The van der Waals surface area contributed by atoms with Crippen molar-refractivity contribution in [1.82, 2.24) is 0 Å². The summed E-state index contributed by atoms with van der Waals surface area (Å²) in [5, 5.41) is 0. The third kappa shape index (κ3) is 2.28. The van der Waals surface area contributed by atoms with Crippen LogP contribution < -0.4 is 0 Å². The van der Waals surface area contributed by atoms with Gasteiger partial charge < -0.3 is 13.3 Å². The lowest BCUT2D eigenvalue weighted by Gasteiger charge is -2.44. The fourth-order valence-corrected chi connectivity index (χ4v) is 9.25. The highest BCUT2D eigenvalue weighted by Crippen LogP contribution is 2.68. The highest BCUT2D eigenvalue weighted by Gasteiger charge is 2.66. The van der Waals surface area contributed by atoms with Gasteiger partial charge in [-0.15, -0.1) is 0 Å². The standard InChI is InChI=1S/C22H40O3Si/c1-19(2)15-9-11-21(19,5)17(13-15)24-26(8,23-7)25-18-14-16-10-12-22(18,6)20(16,3)4/h15-18H,9-14H2,1-8H3. The van der Waals surface area contributed by atoms with Crippen LogP contribution in [0.15, 0.2) is 0 Å². The summed E-state index contributed by atoms with van der Waals surface area (Å²) in [6, 6.07) is 0.